The Morgan fingerprint density at radius 1 is 1.53 bits per heavy atom. The highest BCUT2D eigenvalue weighted by atomic mass is 32.2. The molecule has 4 heteroatoms. The van der Waals surface area contributed by atoms with Crippen molar-refractivity contribution in [3.05, 3.63) is 0 Å². The molecule has 1 unspecified atom stereocenters. The fourth-order valence-corrected chi connectivity index (χ4v) is 2.09. The Hall–Kier alpha value is -0.220. The summed E-state index contributed by atoms with van der Waals surface area (Å²) in [4.78, 5) is 11.5. The third kappa shape index (κ3) is 5.42. The van der Waals surface area contributed by atoms with Crippen LogP contribution in [0.1, 0.15) is 33.6 Å². The monoisotopic (exact) mass is 231 g/mol. The minimum absolute atomic E-state index is 0.140. The van der Waals surface area contributed by atoms with Crippen LogP contribution in [-0.4, -0.2) is 35.7 Å². The van der Waals surface area contributed by atoms with E-state index >= 15 is 0 Å². The summed E-state index contributed by atoms with van der Waals surface area (Å²) >= 11 is 1.79. The second-order valence-corrected chi connectivity index (χ2v) is 6.79. The molecule has 0 aromatic carbocycles. The van der Waals surface area contributed by atoms with Crippen molar-refractivity contribution in [1.29, 1.82) is 0 Å². The van der Waals surface area contributed by atoms with Gasteiger partial charge in [0, 0.05) is 16.5 Å². The Morgan fingerprint density at radius 3 is 2.53 bits per heavy atom. The Kier molecular flexibility index (Phi) is 4.46. The Bertz CT molecular complexity index is 221. The predicted octanol–water partition coefficient (Wildman–Crippen LogP) is 1.81. The van der Waals surface area contributed by atoms with Crippen LogP contribution in [-0.2, 0) is 9.53 Å². The lowest BCUT2D eigenvalue weighted by atomic mass is 10.3. The minimum atomic E-state index is -0.147. The summed E-state index contributed by atoms with van der Waals surface area (Å²) in [5.74, 6) is 0.644. The number of carbonyl (C=O) groups is 1. The number of rotatable bonds is 5. The molecule has 0 saturated heterocycles. The highest BCUT2D eigenvalue weighted by Crippen LogP contribution is 2.26. The van der Waals surface area contributed by atoms with Crippen molar-refractivity contribution in [3.8, 4) is 0 Å². The second kappa shape index (κ2) is 5.21. The fourth-order valence-electron chi connectivity index (χ4n) is 1.19. The third-order valence-electron chi connectivity index (χ3n) is 2.18. The molecule has 0 heterocycles. The van der Waals surface area contributed by atoms with Crippen LogP contribution in [0.15, 0.2) is 0 Å². The average molecular weight is 231 g/mol. The first-order chi connectivity index (χ1) is 6.92. The quantitative estimate of drug-likeness (QED) is 0.732. The van der Waals surface area contributed by atoms with E-state index in [4.69, 9.17) is 4.74 Å². The summed E-state index contributed by atoms with van der Waals surface area (Å²) in [6.45, 7) is 6.47. The molecule has 1 saturated carbocycles. The number of nitrogens with one attached hydrogen (secondary N) is 1. The van der Waals surface area contributed by atoms with Gasteiger partial charge in [-0.15, -0.1) is 0 Å². The van der Waals surface area contributed by atoms with Gasteiger partial charge in [-0.05, 0) is 12.8 Å². The van der Waals surface area contributed by atoms with Crippen LogP contribution < -0.4 is 5.32 Å². The van der Waals surface area contributed by atoms with Gasteiger partial charge in [0.05, 0.1) is 7.11 Å². The van der Waals surface area contributed by atoms with Crippen LogP contribution >= 0.6 is 11.8 Å². The largest absolute Gasteiger partial charge is 0.468 e. The van der Waals surface area contributed by atoms with Crippen LogP contribution in [0.25, 0.3) is 0 Å². The molecule has 1 atom stereocenters. The Balaban J connectivity index is 2.37. The summed E-state index contributed by atoms with van der Waals surface area (Å²) in [7, 11) is 1.45. The van der Waals surface area contributed by atoms with E-state index in [1.54, 1.807) is 11.8 Å². The number of hydrogen-bond acceptors (Lipinski definition) is 4. The highest BCUT2D eigenvalue weighted by Gasteiger charge is 2.29. The second-order valence-electron chi connectivity index (χ2n) is 4.94. The van der Waals surface area contributed by atoms with Gasteiger partial charge in [0.2, 0.25) is 0 Å². The average Bonchev–Trinajstić information content (AvgIpc) is 2.93. The van der Waals surface area contributed by atoms with Gasteiger partial charge in [-0.2, -0.15) is 11.8 Å². The van der Waals surface area contributed by atoms with Crippen LogP contribution in [0.5, 0.6) is 0 Å². The van der Waals surface area contributed by atoms with E-state index in [9.17, 15) is 4.79 Å². The fraction of sp³-hybridized carbons (Fsp3) is 0.909. The molecule has 0 spiro atoms. The molecule has 1 aliphatic rings. The normalized spacial score (nSPS) is 18.7. The van der Waals surface area contributed by atoms with E-state index in [2.05, 4.69) is 26.1 Å². The Morgan fingerprint density at radius 2 is 2.13 bits per heavy atom. The maximum atomic E-state index is 11.5. The molecular weight excluding hydrogens is 210 g/mol. The zero-order valence-electron chi connectivity index (χ0n) is 10.0. The van der Waals surface area contributed by atoms with Crippen molar-refractivity contribution in [3.63, 3.8) is 0 Å². The standard InChI is InChI=1S/C11H21NO2S/c1-11(2,3)15-7-9(10(13)14-4)12-8-5-6-8/h8-9,12H,5-7H2,1-4H3. The third-order valence-corrected chi connectivity index (χ3v) is 3.55. The lowest BCUT2D eigenvalue weighted by molar-refractivity contribution is -0.142. The van der Waals surface area contributed by atoms with Gasteiger partial charge in [0.15, 0.2) is 0 Å². The smallest absolute Gasteiger partial charge is 0.323 e. The first-order valence-corrected chi connectivity index (χ1v) is 6.39. The molecular formula is C11H21NO2S. The first kappa shape index (κ1) is 12.8. The molecule has 1 fully saturated rings. The van der Waals surface area contributed by atoms with E-state index in [0.29, 0.717) is 6.04 Å². The maximum absolute atomic E-state index is 11.5. The topological polar surface area (TPSA) is 38.3 Å². The SMILES string of the molecule is COC(=O)C(CSC(C)(C)C)NC1CC1. The summed E-state index contributed by atoms with van der Waals surface area (Å²) in [6, 6.07) is 0.390. The maximum Gasteiger partial charge on any atom is 0.323 e. The molecule has 0 aromatic heterocycles. The molecule has 0 aliphatic heterocycles. The number of esters is 1. The van der Waals surface area contributed by atoms with Crippen molar-refractivity contribution in [2.75, 3.05) is 12.9 Å². The van der Waals surface area contributed by atoms with E-state index in [1.807, 2.05) is 0 Å². The molecule has 1 rings (SSSR count). The van der Waals surface area contributed by atoms with E-state index in [0.717, 1.165) is 5.75 Å². The summed E-state index contributed by atoms with van der Waals surface area (Å²) < 4.78 is 4.98. The predicted molar refractivity (Wildman–Crippen MR) is 64.2 cm³/mol. The van der Waals surface area contributed by atoms with E-state index < -0.39 is 0 Å². The molecule has 3 nitrogen and oxygen atoms in total. The minimum Gasteiger partial charge on any atom is -0.468 e. The molecule has 1 aliphatic carbocycles. The molecule has 1 N–H and O–H groups in total. The van der Waals surface area contributed by atoms with E-state index in [1.165, 1.54) is 20.0 Å². The summed E-state index contributed by atoms with van der Waals surface area (Å²) in [5, 5.41) is 3.32. The first-order valence-electron chi connectivity index (χ1n) is 5.40. The van der Waals surface area contributed by atoms with Crippen molar-refractivity contribution >= 4 is 17.7 Å². The number of carbonyl (C=O) groups excluding carboxylic acids is 1. The molecule has 0 aromatic rings. The van der Waals surface area contributed by atoms with Gasteiger partial charge in [0.1, 0.15) is 6.04 Å². The Labute approximate surface area is 96.3 Å². The van der Waals surface area contributed by atoms with Gasteiger partial charge in [-0.3, -0.25) is 4.79 Å². The van der Waals surface area contributed by atoms with Gasteiger partial charge in [0.25, 0.3) is 0 Å². The van der Waals surface area contributed by atoms with Crippen LogP contribution in [0.3, 0.4) is 0 Å². The molecule has 88 valence electrons. The van der Waals surface area contributed by atoms with Crippen LogP contribution in [0.4, 0.5) is 0 Å². The van der Waals surface area contributed by atoms with Crippen molar-refractivity contribution in [2.45, 2.75) is 50.4 Å². The van der Waals surface area contributed by atoms with E-state index in [-0.39, 0.29) is 16.8 Å². The molecule has 15 heavy (non-hydrogen) atoms. The number of hydrogen-bond donors (Lipinski definition) is 1. The molecule has 0 amide bonds. The van der Waals surface area contributed by atoms with Crippen LogP contribution in [0, 0.1) is 0 Å². The molecule has 0 bridgehead atoms. The van der Waals surface area contributed by atoms with Gasteiger partial charge >= 0.3 is 5.97 Å². The van der Waals surface area contributed by atoms with Crippen molar-refractivity contribution in [2.24, 2.45) is 0 Å². The lowest BCUT2D eigenvalue weighted by Gasteiger charge is -2.22. The van der Waals surface area contributed by atoms with Crippen molar-refractivity contribution < 1.29 is 9.53 Å². The van der Waals surface area contributed by atoms with Gasteiger partial charge < -0.3 is 10.1 Å². The lowest BCUT2D eigenvalue weighted by Crippen LogP contribution is -2.41. The zero-order chi connectivity index (χ0) is 11.5. The van der Waals surface area contributed by atoms with Crippen LogP contribution in [0.2, 0.25) is 0 Å². The zero-order valence-corrected chi connectivity index (χ0v) is 10.8. The summed E-state index contributed by atoms with van der Waals surface area (Å²) in [5.41, 5.74) is 0. The summed E-state index contributed by atoms with van der Waals surface area (Å²) in [6.07, 6.45) is 2.38. The van der Waals surface area contributed by atoms with Gasteiger partial charge in [-0.25, -0.2) is 0 Å². The number of thioether (sulfide) groups is 1. The van der Waals surface area contributed by atoms with Crippen molar-refractivity contribution in [1.82, 2.24) is 5.32 Å². The molecule has 0 radical (unpaired) electrons. The number of ether oxygens (including phenoxy) is 1. The highest BCUT2D eigenvalue weighted by molar-refractivity contribution is 8.00. The number of methoxy groups -OCH3 is 1. The van der Waals surface area contributed by atoms with Gasteiger partial charge in [-0.1, -0.05) is 20.8 Å².